The number of nitrogens with one attached hydrogen (secondary N) is 1. The van der Waals surface area contributed by atoms with Crippen molar-refractivity contribution in [2.45, 2.75) is 19.5 Å². The van der Waals surface area contributed by atoms with Crippen LogP contribution in [0.25, 0.3) is 0 Å². The summed E-state index contributed by atoms with van der Waals surface area (Å²) in [6.45, 7) is 2.51. The smallest absolute Gasteiger partial charge is 0.224 e. The number of anilines is 2. The van der Waals surface area contributed by atoms with Crippen molar-refractivity contribution in [2.75, 3.05) is 23.9 Å². The molecule has 1 aliphatic heterocycles. The fourth-order valence-electron chi connectivity index (χ4n) is 3.24. The fraction of sp³-hybridized carbons (Fsp3) is 0.238. The zero-order chi connectivity index (χ0) is 17.8. The van der Waals surface area contributed by atoms with E-state index in [-0.39, 0.29) is 0 Å². The number of fused-ring (bicyclic) bond motifs is 1. The highest BCUT2D eigenvalue weighted by Gasteiger charge is 2.18. The minimum Gasteiger partial charge on any atom is -0.497 e. The number of nitrogens with zero attached hydrogens (tertiary/aromatic N) is 3. The van der Waals surface area contributed by atoms with Gasteiger partial charge in [0.15, 0.2) is 0 Å². The first-order valence-corrected chi connectivity index (χ1v) is 8.83. The van der Waals surface area contributed by atoms with Crippen LogP contribution in [0.5, 0.6) is 5.75 Å². The topological polar surface area (TPSA) is 50.3 Å². The lowest BCUT2D eigenvalue weighted by Crippen LogP contribution is -2.31. The van der Waals surface area contributed by atoms with Gasteiger partial charge in [-0.3, -0.25) is 0 Å². The lowest BCUT2D eigenvalue weighted by molar-refractivity contribution is 0.413. The average Bonchev–Trinajstić information content (AvgIpc) is 2.72. The van der Waals surface area contributed by atoms with Gasteiger partial charge in [-0.25, -0.2) is 4.98 Å². The van der Waals surface area contributed by atoms with E-state index < -0.39 is 0 Å². The molecule has 0 aliphatic carbocycles. The van der Waals surface area contributed by atoms with Gasteiger partial charge < -0.3 is 15.0 Å². The molecule has 5 heteroatoms. The Kier molecular flexibility index (Phi) is 4.69. The highest BCUT2D eigenvalue weighted by atomic mass is 16.5. The van der Waals surface area contributed by atoms with Gasteiger partial charge in [0.2, 0.25) is 5.95 Å². The normalized spacial score (nSPS) is 13.2. The molecule has 0 fully saturated rings. The minimum atomic E-state index is 0.659. The second-order valence-electron chi connectivity index (χ2n) is 6.38. The molecule has 132 valence electrons. The molecule has 1 N–H and O–H groups in total. The molecule has 0 saturated carbocycles. The number of hydrogen-bond acceptors (Lipinski definition) is 5. The molecule has 2 heterocycles. The lowest BCUT2D eigenvalue weighted by atomic mass is 9.99. The number of aromatic nitrogens is 2. The summed E-state index contributed by atoms with van der Waals surface area (Å²) in [4.78, 5) is 11.3. The van der Waals surface area contributed by atoms with Crippen molar-refractivity contribution in [3.63, 3.8) is 0 Å². The number of methoxy groups -OCH3 is 1. The van der Waals surface area contributed by atoms with Gasteiger partial charge in [-0.15, -0.1) is 0 Å². The van der Waals surface area contributed by atoms with Gasteiger partial charge >= 0.3 is 0 Å². The van der Waals surface area contributed by atoms with Crippen molar-refractivity contribution >= 4 is 11.8 Å². The standard InChI is InChI=1S/C21H22N4O/c1-26-19-8-7-18-15-25(12-10-17(18)13-19)20-9-11-22-21(24-20)23-14-16-5-3-2-4-6-16/h2-9,11,13H,10,12,14-15H2,1H3,(H,22,23,24). The van der Waals surface area contributed by atoms with Crippen molar-refractivity contribution in [3.05, 3.63) is 77.5 Å². The first kappa shape index (κ1) is 16.4. The number of hydrogen-bond donors (Lipinski definition) is 1. The van der Waals surface area contributed by atoms with E-state index in [0.29, 0.717) is 12.5 Å². The SMILES string of the molecule is COc1ccc2c(c1)CCN(c1ccnc(NCc3ccccc3)n1)C2. The molecule has 1 aliphatic rings. The molecule has 5 nitrogen and oxygen atoms in total. The summed E-state index contributed by atoms with van der Waals surface area (Å²) in [6.07, 6.45) is 2.81. The van der Waals surface area contributed by atoms with Crippen LogP contribution in [0.3, 0.4) is 0 Å². The quantitative estimate of drug-likeness (QED) is 0.764. The molecular formula is C21H22N4O. The van der Waals surface area contributed by atoms with E-state index in [2.05, 4.69) is 39.5 Å². The Balaban J connectivity index is 1.46. The highest BCUT2D eigenvalue weighted by molar-refractivity contribution is 5.48. The summed E-state index contributed by atoms with van der Waals surface area (Å²) < 4.78 is 5.33. The monoisotopic (exact) mass is 346 g/mol. The Morgan fingerprint density at radius 1 is 1.08 bits per heavy atom. The predicted molar refractivity (Wildman–Crippen MR) is 104 cm³/mol. The number of rotatable bonds is 5. The van der Waals surface area contributed by atoms with Gasteiger partial charge in [0.1, 0.15) is 11.6 Å². The Hall–Kier alpha value is -3.08. The molecular weight excluding hydrogens is 324 g/mol. The van der Waals surface area contributed by atoms with E-state index in [9.17, 15) is 0 Å². The molecule has 1 aromatic heterocycles. The van der Waals surface area contributed by atoms with Crippen LogP contribution in [0, 0.1) is 0 Å². The average molecular weight is 346 g/mol. The second kappa shape index (κ2) is 7.44. The third-order valence-corrected chi connectivity index (χ3v) is 4.68. The van der Waals surface area contributed by atoms with E-state index in [1.54, 1.807) is 7.11 Å². The molecule has 0 atom stereocenters. The van der Waals surface area contributed by atoms with Crippen molar-refractivity contribution in [2.24, 2.45) is 0 Å². The third-order valence-electron chi connectivity index (χ3n) is 4.68. The van der Waals surface area contributed by atoms with Gasteiger partial charge in [-0.2, -0.15) is 4.98 Å². The molecule has 26 heavy (non-hydrogen) atoms. The molecule has 2 aromatic carbocycles. The van der Waals surface area contributed by atoms with Crippen molar-refractivity contribution in [3.8, 4) is 5.75 Å². The first-order valence-electron chi connectivity index (χ1n) is 8.83. The molecule has 3 aromatic rings. The number of benzene rings is 2. The summed E-state index contributed by atoms with van der Waals surface area (Å²) in [5.41, 5.74) is 3.90. The zero-order valence-corrected chi connectivity index (χ0v) is 14.9. The summed E-state index contributed by atoms with van der Waals surface area (Å²) in [5.74, 6) is 2.54. The van der Waals surface area contributed by atoms with Gasteiger partial charge in [0.05, 0.1) is 7.11 Å². The van der Waals surface area contributed by atoms with Crippen molar-refractivity contribution in [1.82, 2.24) is 9.97 Å². The Labute approximate surface area is 153 Å². The Morgan fingerprint density at radius 2 is 1.96 bits per heavy atom. The van der Waals surface area contributed by atoms with Crippen LogP contribution < -0.4 is 15.0 Å². The Morgan fingerprint density at radius 3 is 2.81 bits per heavy atom. The van der Waals surface area contributed by atoms with Crippen LogP contribution in [-0.2, 0) is 19.5 Å². The lowest BCUT2D eigenvalue weighted by Gasteiger charge is -2.30. The van der Waals surface area contributed by atoms with Gasteiger partial charge in [0.25, 0.3) is 0 Å². The van der Waals surface area contributed by atoms with E-state index in [0.717, 1.165) is 31.1 Å². The van der Waals surface area contributed by atoms with Crippen LogP contribution in [0.2, 0.25) is 0 Å². The molecule has 0 saturated heterocycles. The fourth-order valence-corrected chi connectivity index (χ4v) is 3.24. The van der Waals surface area contributed by atoms with Crippen LogP contribution in [0.4, 0.5) is 11.8 Å². The number of ether oxygens (including phenoxy) is 1. The van der Waals surface area contributed by atoms with Crippen LogP contribution >= 0.6 is 0 Å². The summed E-state index contributed by atoms with van der Waals surface area (Å²) in [5, 5.41) is 3.31. The van der Waals surface area contributed by atoms with Crippen molar-refractivity contribution < 1.29 is 4.74 Å². The van der Waals surface area contributed by atoms with E-state index in [1.807, 2.05) is 36.5 Å². The molecule has 0 radical (unpaired) electrons. The second-order valence-corrected chi connectivity index (χ2v) is 6.38. The maximum atomic E-state index is 5.33. The summed E-state index contributed by atoms with van der Waals surface area (Å²) >= 11 is 0. The summed E-state index contributed by atoms with van der Waals surface area (Å²) in [7, 11) is 1.71. The largest absolute Gasteiger partial charge is 0.497 e. The van der Waals surface area contributed by atoms with Gasteiger partial charge in [-0.1, -0.05) is 36.4 Å². The third kappa shape index (κ3) is 3.61. The zero-order valence-electron chi connectivity index (χ0n) is 14.9. The molecule has 0 unspecified atom stereocenters. The predicted octanol–water partition coefficient (Wildman–Crippen LogP) is 3.66. The van der Waals surface area contributed by atoms with Crippen LogP contribution in [-0.4, -0.2) is 23.6 Å². The van der Waals surface area contributed by atoms with Crippen molar-refractivity contribution in [1.29, 1.82) is 0 Å². The molecule has 0 spiro atoms. The van der Waals surface area contributed by atoms with E-state index >= 15 is 0 Å². The summed E-state index contributed by atoms with van der Waals surface area (Å²) in [6, 6.07) is 18.6. The minimum absolute atomic E-state index is 0.659. The Bertz CT molecular complexity index is 882. The highest BCUT2D eigenvalue weighted by Crippen LogP contribution is 2.26. The van der Waals surface area contributed by atoms with Crippen LogP contribution in [0.1, 0.15) is 16.7 Å². The van der Waals surface area contributed by atoms with Gasteiger partial charge in [0, 0.05) is 25.8 Å². The van der Waals surface area contributed by atoms with Gasteiger partial charge in [-0.05, 0) is 41.3 Å². The first-order chi connectivity index (χ1) is 12.8. The van der Waals surface area contributed by atoms with Crippen LogP contribution in [0.15, 0.2) is 60.8 Å². The van der Waals surface area contributed by atoms with E-state index in [1.165, 1.54) is 16.7 Å². The van der Waals surface area contributed by atoms with E-state index in [4.69, 9.17) is 9.72 Å². The molecule has 4 rings (SSSR count). The molecule has 0 bridgehead atoms. The maximum absolute atomic E-state index is 5.33. The molecule has 0 amide bonds. The maximum Gasteiger partial charge on any atom is 0.224 e.